The number of benzene rings is 2. The molecule has 0 heterocycles. The maximum Gasteiger partial charge on any atom is 0.340 e. The molecule has 158 valence electrons. The molecular formula is C22H23NO7. The molecule has 0 aliphatic carbocycles. The van der Waals surface area contributed by atoms with E-state index in [1.54, 1.807) is 43.3 Å². The van der Waals surface area contributed by atoms with E-state index in [0.29, 0.717) is 17.1 Å². The number of nitrogens with one attached hydrogen (secondary N) is 1. The second-order valence-corrected chi connectivity index (χ2v) is 5.87. The second kappa shape index (κ2) is 11.3. The van der Waals surface area contributed by atoms with Crippen molar-refractivity contribution in [2.45, 2.75) is 6.92 Å². The van der Waals surface area contributed by atoms with E-state index in [1.165, 1.54) is 32.4 Å². The molecule has 2 aromatic carbocycles. The average Bonchev–Trinajstić information content (AvgIpc) is 2.76. The molecule has 0 aromatic heterocycles. The highest BCUT2D eigenvalue weighted by Gasteiger charge is 2.14. The van der Waals surface area contributed by atoms with Gasteiger partial charge in [-0.25, -0.2) is 9.59 Å². The van der Waals surface area contributed by atoms with Crippen LogP contribution in [-0.4, -0.2) is 45.3 Å². The van der Waals surface area contributed by atoms with E-state index >= 15 is 0 Å². The van der Waals surface area contributed by atoms with Crippen LogP contribution in [0.1, 0.15) is 22.8 Å². The number of methoxy groups -OCH3 is 2. The number of anilines is 1. The molecule has 0 saturated heterocycles. The summed E-state index contributed by atoms with van der Waals surface area (Å²) in [7, 11) is 3.04. The molecular weight excluding hydrogens is 390 g/mol. The molecule has 1 amide bonds. The first-order chi connectivity index (χ1) is 14.5. The quantitative estimate of drug-likeness (QED) is 0.498. The zero-order valence-electron chi connectivity index (χ0n) is 17.0. The summed E-state index contributed by atoms with van der Waals surface area (Å²) in [6.07, 6.45) is 2.72. The number of para-hydroxylation sites is 1. The number of rotatable bonds is 9. The van der Waals surface area contributed by atoms with E-state index in [1.807, 2.05) is 0 Å². The molecule has 2 rings (SSSR count). The van der Waals surface area contributed by atoms with Crippen molar-refractivity contribution in [3.05, 3.63) is 59.7 Å². The monoisotopic (exact) mass is 413 g/mol. The summed E-state index contributed by atoms with van der Waals surface area (Å²) in [5.41, 5.74) is 1.18. The Morgan fingerprint density at radius 2 is 1.70 bits per heavy atom. The van der Waals surface area contributed by atoms with Gasteiger partial charge in [0.05, 0.1) is 32.1 Å². The highest BCUT2D eigenvalue weighted by atomic mass is 16.5. The lowest BCUT2D eigenvalue weighted by atomic mass is 10.2. The number of carbonyl (C=O) groups excluding carboxylic acids is 3. The maximum absolute atomic E-state index is 12.1. The summed E-state index contributed by atoms with van der Waals surface area (Å²) in [6, 6.07) is 11.6. The summed E-state index contributed by atoms with van der Waals surface area (Å²) in [5, 5.41) is 2.54. The number of esters is 2. The molecule has 0 fully saturated rings. The van der Waals surface area contributed by atoms with Crippen LogP contribution in [0.5, 0.6) is 11.5 Å². The predicted molar refractivity (Wildman–Crippen MR) is 111 cm³/mol. The van der Waals surface area contributed by atoms with Gasteiger partial charge in [0.1, 0.15) is 0 Å². The minimum Gasteiger partial charge on any atom is -0.493 e. The molecule has 0 spiro atoms. The lowest BCUT2D eigenvalue weighted by Crippen LogP contribution is -2.21. The van der Waals surface area contributed by atoms with Crippen LogP contribution in [0.4, 0.5) is 5.69 Å². The van der Waals surface area contributed by atoms with Crippen molar-refractivity contribution >= 4 is 29.6 Å². The molecule has 1 N–H and O–H groups in total. The summed E-state index contributed by atoms with van der Waals surface area (Å²) >= 11 is 0. The number of amides is 1. The lowest BCUT2D eigenvalue weighted by Gasteiger charge is -2.10. The van der Waals surface area contributed by atoms with Crippen molar-refractivity contribution in [1.29, 1.82) is 0 Å². The molecule has 8 nitrogen and oxygen atoms in total. The fraction of sp³-hybridized carbons (Fsp3) is 0.227. The standard InChI is InChI=1S/C22H23NO7/c1-4-29-22(26)16-7-5-6-8-17(16)23-20(24)14-30-21(25)12-10-15-9-11-18(27-2)19(13-15)28-3/h5-13H,4,14H2,1-3H3,(H,23,24)/b12-10+. The fourth-order valence-electron chi connectivity index (χ4n) is 2.47. The Morgan fingerprint density at radius 1 is 0.967 bits per heavy atom. The molecule has 0 saturated carbocycles. The largest absolute Gasteiger partial charge is 0.493 e. The zero-order chi connectivity index (χ0) is 21.9. The predicted octanol–water partition coefficient (Wildman–Crippen LogP) is 3.08. The van der Waals surface area contributed by atoms with Gasteiger partial charge < -0.3 is 24.3 Å². The molecule has 2 aromatic rings. The van der Waals surface area contributed by atoms with Crippen molar-refractivity contribution < 1.29 is 33.3 Å². The van der Waals surface area contributed by atoms with Crippen molar-refractivity contribution in [2.75, 3.05) is 32.8 Å². The molecule has 8 heteroatoms. The van der Waals surface area contributed by atoms with E-state index < -0.39 is 24.5 Å². The normalized spacial score (nSPS) is 10.4. The van der Waals surface area contributed by atoms with Gasteiger partial charge in [0.2, 0.25) is 0 Å². The smallest absolute Gasteiger partial charge is 0.340 e. The van der Waals surface area contributed by atoms with Gasteiger partial charge in [-0.1, -0.05) is 18.2 Å². The summed E-state index contributed by atoms with van der Waals surface area (Å²) in [4.78, 5) is 35.9. The first-order valence-electron chi connectivity index (χ1n) is 9.11. The summed E-state index contributed by atoms with van der Waals surface area (Å²) < 4.78 is 20.2. The first kappa shape index (κ1) is 22.5. The molecule has 0 aliphatic rings. The lowest BCUT2D eigenvalue weighted by molar-refractivity contribution is -0.142. The average molecular weight is 413 g/mol. The van der Waals surface area contributed by atoms with Crippen molar-refractivity contribution in [3.8, 4) is 11.5 Å². The van der Waals surface area contributed by atoms with Gasteiger partial charge >= 0.3 is 11.9 Å². The zero-order valence-corrected chi connectivity index (χ0v) is 17.0. The second-order valence-electron chi connectivity index (χ2n) is 5.87. The fourth-order valence-corrected chi connectivity index (χ4v) is 2.47. The SMILES string of the molecule is CCOC(=O)c1ccccc1NC(=O)COC(=O)/C=C/c1ccc(OC)c(OC)c1. The van der Waals surface area contributed by atoms with E-state index in [4.69, 9.17) is 18.9 Å². The van der Waals surface area contributed by atoms with Gasteiger partial charge in [0.25, 0.3) is 5.91 Å². The van der Waals surface area contributed by atoms with Gasteiger partial charge in [0.15, 0.2) is 18.1 Å². The summed E-state index contributed by atoms with van der Waals surface area (Å²) in [5.74, 6) is -0.744. The van der Waals surface area contributed by atoms with Crippen LogP contribution in [0.2, 0.25) is 0 Å². The maximum atomic E-state index is 12.1. The molecule has 0 radical (unpaired) electrons. The number of carbonyl (C=O) groups is 3. The van der Waals surface area contributed by atoms with Gasteiger partial charge in [-0.05, 0) is 42.8 Å². The van der Waals surface area contributed by atoms with Crippen molar-refractivity contribution in [1.82, 2.24) is 0 Å². The topological polar surface area (TPSA) is 100 Å². The Balaban J connectivity index is 1.92. The van der Waals surface area contributed by atoms with Gasteiger partial charge in [-0.2, -0.15) is 0 Å². The Hall–Kier alpha value is -3.81. The Morgan fingerprint density at radius 3 is 2.40 bits per heavy atom. The van der Waals surface area contributed by atoms with Crippen LogP contribution < -0.4 is 14.8 Å². The van der Waals surface area contributed by atoms with Crippen LogP contribution in [0.15, 0.2) is 48.5 Å². The minimum atomic E-state index is -0.696. The molecule has 0 atom stereocenters. The van der Waals surface area contributed by atoms with E-state index in [0.717, 1.165) is 0 Å². The van der Waals surface area contributed by atoms with E-state index in [9.17, 15) is 14.4 Å². The number of hydrogen-bond donors (Lipinski definition) is 1. The highest BCUT2D eigenvalue weighted by Crippen LogP contribution is 2.27. The minimum absolute atomic E-state index is 0.213. The Kier molecular flexibility index (Phi) is 8.43. The van der Waals surface area contributed by atoms with Crippen LogP contribution in [0.25, 0.3) is 6.08 Å². The van der Waals surface area contributed by atoms with Crippen LogP contribution in [-0.2, 0) is 19.1 Å². The third kappa shape index (κ3) is 6.37. The Labute approximate surface area is 174 Å². The molecule has 30 heavy (non-hydrogen) atoms. The van der Waals surface area contributed by atoms with E-state index in [-0.39, 0.29) is 17.9 Å². The van der Waals surface area contributed by atoms with Crippen molar-refractivity contribution in [3.63, 3.8) is 0 Å². The van der Waals surface area contributed by atoms with Crippen molar-refractivity contribution in [2.24, 2.45) is 0 Å². The van der Waals surface area contributed by atoms with Gasteiger partial charge in [0, 0.05) is 6.08 Å². The third-order valence-corrected chi connectivity index (χ3v) is 3.86. The third-order valence-electron chi connectivity index (χ3n) is 3.86. The Bertz CT molecular complexity index is 937. The van der Waals surface area contributed by atoms with E-state index in [2.05, 4.69) is 5.32 Å². The molecule has 0 unspecified atom stereocenters. The number of ether oxygens (including phenoxy) is 4. The molecule has 0 aliphatic heterocycles. The van der Waals surface area contributed by atoms with Crippen LogP contribution >= 0.6 is 0 Å². The highest BCUT2D eigenvalue weighted by molar-refractivity contribution is 6.02. The summed E-state index contributed by atoms with van der Waals surface area (Å²) in [6.45, 7) is 1.39. The van der Waals surface area contributed by atoms with Gasteiger partial charge in [-0.3, -0.25) is 4.79 Å². The van der Waals surface area contributed by atoms with Crippen LogP contribution in [0.3, 0.4) is 0 Å². The first-order valence-corrected chi connectivity index (χ1v) is 9.11. The number of hydrogen-bond acceptors (Lipinski definition) is 7. The van der Waals surface area contributed by atoms with Gasteiger partial charge in [-0.15, -0.1) is 0 Å². The molecule has 0 bridgehead atoms. The van der Waals surface area contributed by atoms with Crippen LogP contribution in [0, 0.1) is 0 Å².